The van der Waals surface area contributed by atoms with Crippen molar-refractivity contribution in [2.24, 2.45) is 0 Å². The fraction of sp³-hybridized carbons (Fsp3) is 0.333. The van der Waals surface area contributed by atoms with Gasteiger partial charge in [-0.05, 0) is 28.9 Å². The van der Waals surface area contributed by atoms with E-state index in [0.29, 0.717) is 0 Å². The standard InChI is InChI=1S/C9H9BrF2O2/c1-4(13)5-3-6(10)9(14-2)8(12)7(5)11/h3-4,13H,1-2H3. The molecule has 0 aliphatic rings. The van der Waals surface area contributed by atoms with Crippen molar-refractivity contribution in [3.05, 3.63) is 27.7 Å². The predicted molar refractivity (Wildman–Crippen MR) is 51.2 cm³/mol. The van der Waals surface area contributed by atoms with Crippen LogP contribution in [0.3, 0.4) is 0 Å². The van der Waals surface area contributed by atoms with Crippen LogP contribution in [0.4, 0.5) is 8.78 Å². The van der Waals surface area contributed by atoms with Crippen molar-refractivity contribution in [1.29, 1.82) is 0 Å². The van der Waals surface area contributed by atoms with Crippen LogP contribution in [0.5, 0.6) is 5.75 Å². The Bertz CT molecular complexity index is 353. The average Bonchev–Trinajstić information content (AvgIpc) is 2.12. The average molecular weight is 267 g/mol. The minimum atomic E-state index is -1.10. The second-order valence-corrected chi connectivity index (χ2v) is 3.64. The second-order valence-electron chi connectivity index (χ2n) is 2.78. The van der Waals surface area contributed by atoms with Crippen molar-refractivity contribution >= 4 is 15.9 Å². The third-order valence-corrected chi connectivity index (χ3v) is 2.39. The second kappa shape index (κ2) is 4.23. The van der Waals surface area contributed by atoms with E-state index in [1.165, 1.54) is 20.1 Å². The molecule has 0 heterocycles. The highest BCUT2D eigenvalue weighted by Gasteiger charge is 2.20. The summed E-state index contributed by atoms with van der Waals surface area (Å²) >= 11 is 3.02. The molecule has 1 N–H and O–H groups in total. The van der Waals surface area contributed by atoms with E-state index >= 15 is 0 Å². The predicted octanol–water partition coefficient (Wildman–Crippen LogP) is 2.79. The molecule has 5 heteroatoms. The first-order valence-electron chi connectivity index (χ1n) is 3.88. The van der Waals surface area contributed by atoms with Gasteiger partial charge in [-0.25, -0.2) is 4.39 Å². The van der Waals surface area contributed by atoms with Crippen LogP contribution in [0.2, 0.25) is 0 Å². The van der Waals surface area contributed by atoms with Crippen LogP contribution in [-0.4, -0.2) is 12.2 Å². The zero-order valence-corrected chi connectivity index (χ0v) is 9.23. The van der Waals surface area contributed by atoms with Gasteiger partial charge in [0.1, 0.15) is 0 Å². The molecule has 0 aliphatic heterocycles. The Hall–Kier alpha value is -0.680. The summed E-state index contributed by atoms with van der Waals surface area (Å²) in [5.74, 6) is -2.38. The van der Waals surface area contributed by atoms with Crippen molar-refractivity contribution in [2.45, 2.75) is 13.0 Å². The molecule has 1 aromatic rings. The molecule has 1 rings (SSSR count). The summed E-state index contributed by atoms with van der Waals surface area (Å²) in [6.45, 7) is 1.36. The van der Waals surface area contributed by atoms with E-state index in [1.807, 2.05) is 0 Å². The molecule has 0 aliphatic carbocycles. The minimum absolute atomic E-state index is 0.102. The Labute approximate surface area is 88.6 Å². The van der Waals surface area contributed by atoms with Gasteiger partial charge in [0.05, 0.1) is 17.7 Å². The van der Waals surface area contributed by atoms with Gasteiger partial charge in [0.15, 0.2) is 11.6 Å². The Kier molecular flexibility index (Phi) is 3.44. The Morgan fingerprint density at radius 3 is 2.43 bits per heavy atom. The molecule has 1 atom stereocenters. The van der Waals surface area contributed by atoms with Gasteiger partial charge >= 0.3 is 0 Å². The molecule has 0 radical (unpaired) electrons. The molecule has 0 saturated carbocycles. The van der Waals surface area contributed by atoms with E-state index in [-0.39, 0.29) is 15.8 Å². The Morgan fingerprint density at radius 2 is 2.00 bits per heavy atom. The molecular formula is C9H9BrF2O2. The monoisotopic (exact) mass is 266 g/mol. The van der Waals surface area contributed by atoms with Crippen LogP contribution < -0.4 is 4.74 Å². The van der Waals surface area contributed by atoms with Gasteiger partial charge in [-0.15, -0.1) is 0 Å². The van der Waals surface area contributed by atoms with Gasteiger partial charge in [-0.3, -0.25) is 0 Å². The Morgan fingerprint density at radius 1 is 1.43 bits per heavy atom. The highest BCUT2D eigenvalue weighted by Crippen LogP contribution is 2.33. The highest BCUT2D eigenvalue weighted by atomic mass is 79.9. The van der Waals surface area contributed by atoms with Gasteiger partial charge in [0.25, 0.3) is 0 Å². The topological polar surface area (TPSA) is 29.5 Å². The van der Waals surface area contributed by atoms with E-state index in [1.54, 1.807) is 0 Å². The van der Waals surface area contributed by atoms with Crippen molar-refractivity contribution in [1.82, 2.24) is 0 Å². The lowest BCUT2D eigenvalue weighted by Gasteiger charge is -2.11. The number of methoxy groups -OCH3 is 1. The van der Waals surface area contributed by atoms with Crippen LogP contribution in [0.1, 0.15) is 18.6 Å². The van der Waals surface area contributed by atoms with Crippen molar-refractivity contribution in [3.63, 3.8) is 0 Å². The van der Waals surface area contributed by atoms with Crippen LogP contribution >= 0.6 is 15.9 Å². The fourth-order valence-corrected chi connectivity index (χ4v) is 1.67. The van der Waals surface area contributed by atoms with Crippen molar-refractivity contribution in [2.75, 3.05) is 7.11 Å². The third kappa shape index (κ3) is 1.88. The molecule has 0 aromatic heterocycles. The number of halogens is 3. The first-order chi connectivity index (χ1) is 6.49. The summed E-state index contributed by atoms with van der Waals surface area (Å²) in [5.41, 5.74) is -0.102. The van der Waals surface area contributed by atoms with Crippen LogP contribution in [0.25, 0.3) is 0 Å². The summed E-state index contributed by atoms with van der Waals surface area (Å²) in [6.07, 6.45) is -1.06. The van der Waals surface area contributed by atoms with Crippen molar-refractivity contribution in [3.8, 4) is 5.75 Å². The van der Waals surface area contributed by atoms with E-state index in [9.17, 15) is 8.78 Å². The van der Waals surface area contributed by atoms with Crippen molar-refractivity contribution < 1.29 is 18.6 Å². The van der Waals surface area contributed by atoms with E-state index in [0.717, 1.165) is 0 Å². The molecule has 1 aromatic carbocycles. The summed E-state index contributed by atoms with van der Waals surface area (Å²) in [4.78, 5) is 0. The molecule has 14 heavy (non-hydrogen) atoms. The smallest absolute Gasteiger partial charge is 0.202 e. The third-order valence-electron chi connectivity index (χ3n) is 1.80. The van der Waals surface area contributed by atoms with Crippen LogP contribution in [0, 0.1) is 11.6 Å². The molecule has 0 bridgehead atoms. The summed E-state index contributed by atoms with van der Waals surface area (Å²) in [5, 5.41) is 9.15. The van der Waals surface area contributed by atoms with Crippen LogP contribution in [-0.2, 0) is 0 Å². The van der Waals surface area contributed by atoms with Crippen LogP contribution in [0.15, 0.2) is 10.5 Å². The SMILES string of the molecule is COc1c(Br)cc(C(C)O)c(F)c1F. The quantitative estimate of drug-likeness (QED) is 0.835. The van der Waals surface area contributed by atoms with E-state index in [4.69, 9.17) is 5.11 Å². The van der Waals surface area contributed by atoms with Gasteiger partial charge in [0.2, 0.25) is 5.82 Å². The molecule has 0 spiro atoms. The number of aliphatic hydroxyl groups excluding tert-OH is 1. The van der Waals surface area contributed by atoms with Gasteiger partial charge < -0.3 is 9.84 Å². The number of ether oxygens (including phenoxy) is 1. The number of hydrogen-bond acceptors (Lipinski definition) is 2. The molecule has 0 amide bonds. The maximum Gasteiger partial charge on any atom is 0.202 e. The minimum Gasteiger partial charge on any atom is -0.492 e. The summed E-state index contributed by atoms with van der Waals surface area (Å²) in [7, 11) is 1.24. The van der Waals surface area contributed by atoms with Gasteiger partial charge in [0, 0.05) is 5.56 Å². The number of hydrogen-bond donors (Lipinski definition) is 1. The maximum atomic E-state index is 13.2. The summed E-state index contributed by atoms with van der Waals surface area (Å²) < 4.78 is 31.4. The largest absolute Gasteiger partial charge is 0.492 e. The molecule has 78 valence electrons. The lowest BCUT2D eigenvalue weighted by molar-refractivity contribution is 0.192. The number of benzene rings is 1. The zero-order chi connectivity index (χ0) is 10.9. The first kappa shape index (κ1) is 11.4. The lowest BCUT2D eigenvalue weighted by Crippen LogP contribution is -2.02. The summed E-state index contributed by atoms with van der Waals surface area (Å²) in [6, 6.07) is 1.29. The fourth-order valence-electron chi connectivity index (χ4n) is 1.09. The lowest BCUT2D eigenvalue weighted by atomic mass is 10.1. The molecule has 2 nitrogen and oxygen atoms in total. The molecule has 0 fully saturated rings. The van der Waals surface area contributed by atoms with E-state index < -0.39 is 17.7 Å². The molecule has 0 saturated heterocycles. The number of aliphatic hydroxyl groups is 1. The maximum absolute atomic E-state index is 13.2. The number of rotatable bonds is 2. The normalized spacial score (nSPS) is 12.7. The Balaban J connectivity index is 3.40. The highest BCUT2D eigenvalue weighted by molar-refractivity contribution is 9.10. The molecule has 1 unspecified atom stereocenters. The van der Waals surface area contributed by atoms with Gasteiger partial charge in [-0.1, -0.05) is 0 Å². The van der Waals surface area contributed by atoms with E-state index in [2.05, 4.69) is 20.7 Å². The molecular weight excluding hydrogens is 258 g/mol. The van der Waals surface area contributed by atoms with Gasteiger partial charge in [-0.2, -0.15) is 4.39 Å². The zero-order valence-electron chi connectivity index (χ0n) is 7.64. The first-order valence-corrected chi connectivity index (χ1v) is 4.67.